The van der Waals surface area contributed by atoms with Gasteiger partial charge in [0.25, 0.3) is 5.91 Å². The summed E-state index contributed by atoms with van der Waals surface area (Å²) in [7, 11) is 1.36. The molecule has 0 saturated carbocycles. The Hall–Kier alpha value is -3.19. The number of methoxy groups -OCH3 is 1. The van der Waals surface area contributed by atoms with Crippen LogP contribution in [0.5, 0.6) is 0 Å². The Morgan fingerprint density at radius 2 is 1.86 bits per heavy atom. The normalized spacial score (nSPS) is 15.9. The van der Waals surface area contributed by atoms with Crippen LogP contribution in [0.2, 0.25) is 0 Å². The number of benzene rings is 2. The molecule has 2 aromatic rings. The van der Waals surface area contributed by atoms with Crippen molar-refractivity contribution in [3.63, 3.8) is 0 Å². The van der Waals surface area contributed by atoms with Crippen LogP contribution in [0.1, 0.15) is 28.4 Å². The Balaban J connectivity index is 1.71. The number of anilines is 1. The van der Waals surface area contributed by atoms with Crippen molar-refractivity contribution in [3.05, 3.63) is 65.2 Å². The largest absolute Gasteiger partial charge is 0.468 e. The van der Waals surface area contributed by atoms with Crippen LogP contribution >= 0.6 is 0 Å². The Bertz CT molecular complexity index is 912. The zero-order chi connectivity index (χ0) is 20.8. The average molecular weight is 395 g/mol. The second kappa shape index (κ2) is 9.34. The molecule has 0 fully saturated rings. The number of amides is 2. The molecule has 2 amide bonds. The third-order valence-corrected chi connectivity index (χ3v) is 4.91. The van der Waals surface area contributed by atoms with E-state index in [0.717, 1.165) is 11.1 Å². The van der Waals surface area contributed by atoms with Gasteiger partial charge in [0.2, 0.25) is 5.91 Å². The summed E-state index contributed by atoms with van der Waals surface area (Å²) in [5.74, 6) is -0.807. The fourth-order valence-corrected chi connectivity index (χ4v) is 3.50. The second-order valence-electron chi connectivity index (χ2n) is 6.91. The summed E-state index contributed by atoms with van der Waals surface area (Å²) in [6.07, 6.45) is 0.503. The van der Waals surface area contributed by atoms with Gasteiger partial charge in [0.1, 0.15) is 6.04 Å². The van der Waals surface area contributed by atoms with E-state index in [1.807, 2.05) is 36.1 Å². The van der Waals surface area contributed by atoms with Gasteiger partial charge in [0.05, 0.1) is 13.7 Å². The van der Waals surface area contributed by atoms with Crippen molar-refractivity contribution in [1.82, 2.24) is 10.2 Å². The number of fused-ring (bicyclic) bond motifs is 1. The van der Waals surface area contributed by atoms with Crippen molar-refractivity contribution >= 4 is 23.5 Å². The maximum atomic E-state index is 12.7. The smallest absolute Gasteiger partial charge is 0.323 e. The van der Waals surface area contributed by atoms with E-state index in [2.05, 4.69) is 10.6 Å². The van der Waals surface area contributed by atoms with E-state index in [0.29, 0.717) is 30.8 Å². The summed E-state index contributed by atoms with van der Waals surface area (Å²) >= 11 is 0. The van der Waals surface area contributed by atoms with Gasteiger partial charge >= 0.3 is 5.97 Å². The standard InChI is InChI=1S/C22H25N3O4/c1-3-23-21(27)16-9-6-10-18(11-16)24-20(26)14-25-13-17-8-5-4-7-15(17)12-19(25)22(28)29-2/h4-11,19H,3,12-14H2,1-2H3,(H,23,27)(H,24,26)/t19-/m1/s1. The fourth-order valence-electron chi connectivity index (χ4n) is 3.50. The summed E-state index contributed by atoms with van der Waals surface area (Å²) in [5, 5.41) is 5.55. The Labute approximate surface area is 170 Å². The lowest BCUT2D eigenvalue weighted by atomic mass is 9.94. The molecule has 0 radical (unpaired) electrons. The van der Waals surface area contributed by atoms with E-state index < -0.39 is 6.04 Å². The highest BCUT2D eigenvalue weighted by atomic mass is 16.5. The van der Waals surface area contributed by atoms with E-state index in [1.54, 1.807) is 24.3 Å². The van der Waals surface area contributed by atoms with Crippen molar-refractivity contribution in [2.45, 2.75) is 25.9 Å². The minimum absolute atomic E-state index is 0.0412. The first-order valence-electron chi connectivity index (χ1n) is 9.58. The molecule has 1 aliphatic heterocycles. The summed E-state index contributed by atoms with van der Waals surface area (Å²) in [6.45, 7) is 2.90. The van der Waals surface area contributed by atoms with Gasteiger partial charge in [-0.2, -0.15) is 0 Å². The molecule has 1 atom stereocenters. The van der Waals surface area contributed by atoms with Crippen LogP contribution in [0.15, 0.2) is 48.5 Å². The monoisotopic (exact) mass is 395 g/mol. The quantitative estimate of drug-likeness (QED) is 0.731. The van der Waals surface area contributed by atoms with Crippen molar-refractivity contribution in [2.24, 2.45) is 0 Å². The van der Waals surface area contributed by atoms with E-state index in [-0.39, 0.29) is 24.3 Å². The maximum absolute atomic E-state index is 12.7. The van der Waals surface area contributed by atoms with E-state index in [9.17, 15) is 14.4 Å². The van der Waals surface area contributed by atoms with Crippen LogP contribution in [0.4, 0.5) is 5.69 Å². The number of hydrogen-bond acceptors (Lipinski definition) is 5. The van der Waals surface area contributed by atoms with Crippen molar-refractivity contribution < 1.29 is 19.1 Å². The van der Waals surface area contributed by atoms with Gasteiger partial charge < -0.3 is 15.4 Å². The summed E-state index contributed by atoms with van der Waals surface area (Å²) in [5.41, 5.74) is 3.20. The first kappa shape index (κ1) is 20.5. The number of nitrogens with one attached hydrogen (secondary N) is 2. The molecule has 2 N–H and O–H groups in total. The summed E-state index contributed by atoms with van der Waals surface area (Å²) in [4.78, 5) is 38.7. The highest BCUT2D eigenvalue weighted by molar-refractivity contribution is 5.97. The number of esters is 1. The molecule has 0 bridgehead atoms. The lowest BCUT2D eigenvalue weighted by molar-refractivity contribution is -0.148. The molecule has 0 aromatic heterocycles. The van der Waals surface area contributed by atoms with Crippen LogP contribution in [-0.4, -0.2) is 48.9 Å². The molecule has 0 spiro atoms. The zero-order valence-corrected chi connectivity index (χ0v) is 16.6. The number of ether oxygens (including phenoxy) is 1. The maximum Gasteiger partial charge on any atom is 0.323 e. The van der Waals surface area contributed by atoms with Gasteiger partial charge in [-0.1, -0.05) is 30.3 Å². The SMILES string of the molecule is CCNC(=O)c1cccc(NC(=O)CN2Cc3ccccc3C[C@@H]2C(=O)OC)c1. The van der Waals surface area contributed by atoms with Gasteiger partial charge in [-0.15, -0.1) is 0 Å². The molecular formula is C22H25N3O4. The van der Waals surface area contributed by atoms with Gasteiger partial charge in [-0.25, -0.2) is 0 Å². The minimum atomic E-state index is -0.512. The van der Waals surface area contributed by atoms with E-state index in [4.69, 9.17) is 4.74 Å². The number of hydrogen-bond donors (Lipinski definition) is 2. The summed E-state index contributed by atoms with van der Waals surface area (Å²) in [6, 6.07) is 14.1. The molecule has 152 valence electrons. The average Bonchev–Trinajstić information content (AvgIpc) is 2.73. The third-order valence-electron chi connectivity index (χ3n) is 4.91. The number of nitrogens with zero attached hydrogens (tertiary/aromatic N) is 1. The highest BCUT2D eigenvalue weighted by Crippen LogP contribution is 2.24. The van der Waals surface area contributed by atoms with Crippen molar-refractivity contribution in [3.8, 4) is 0 Å². The molecule has 29 heavy (non-hydrogen) atoms. The molecule has 0 aliphatic carbocycles. The van der Waals surface area contributed by atoms with Gasteiger partial charge in [-0.3, -0.25) is 19.3 Å². The first-order chi connectivity index (χ1) is 14.0. The lowest BCUT2D eigenvalue weighted by Gasteiger charge is -2.34. The minimum Gasteiger partial charge on any atom is -0.468 e. The van der Waals surface area contributed by atoms with Gasteiger partial charge in [0.15, 0.2) is 0 Å². The Morgan fingerprint density at radius 1 is 1.10 bits per heavy atom. The molecule has 7 heteroatoms. The molecule has 7 nitrogen and oxygen atoms in total. The molecule has 3 rings (SSSR count). The molecule has 0 saturated heterocycles. The topological polar surface area (TPSA) is 87.7 Å². The zero-order valence-electron chi connectivity index (χ0n) is 16.6. The summed E-state index contributed by atoms with van der Waals surface area (Å²) < 4.78 is 4.94. The number of carbonyl (C=O) groups is 3. The molecule has 1 aliphatic rings. The molecule has 1 heterocycles. The predicted octanol–water partition coefficient (Wildman–Crippen LogP) is 1.97. The van der Waals surface area contributed by atoms with Gasteiger partial charge in [0, 0.05) is 24.3 Å². The van der Waals surface area contributed by atoms with Gasteiger partial charge in [-0.05, 0) is 42.7 Å². The van der Waals surface area contributed by atoms with Crippen LogP contribution in [-0.2, 0) is 27.3 Å². The van der Waals surface area contributed by atoms with Crippen LogP contribution in [0.25, 0.3) is 0 Å². The Morgan fingerprint density at radius 3 is 2.59 bits per heavy atom. The highest BCUT2D eigenvalue weighted by Gasteiger charge is 2.33. The van der Waals surface area contributed by atoms with E-state index in [1.165, 1.54) is 7.11 Å². The van der Waals surface area contributed by atoms with Crippen LogP contribution < -0.4 is 10.6 Å². The lowest BCUT2D eigenvalue weighted by Crippen LogP contribution is -2.49. The fraction of sp³-hybridized carbons (Fsp3) is 0.318. The third kappa shape index (κ3) is 5.00. The van der Waals surface area contributed by atoms with Crippen LogP contribution in [0.3, 0.4) is 0 Å². The van der Waals surface area contributed by atoms with Crippen molar-refractivity contribution in [1.29, 1.82) is 0 Å². The first-order valence-corrected chi connectivity index (χ1v) is 9.58. The van der Waals surface area contributed by atoms with E-state index >= 15 is 0 Å². The van der Waals surface area contributed by atoms with Crippen molar-refractivity contribution in [2.75, 3.05) is 25.5 Å². The molecule has 2 aromatic carbocycles. The second-order valence-corrected chi connectivity index (χ2v) is 6.91. The number of carbonyl (C=O) groups excluding carboxylic acids is 3. The number of rotatable bonds is 6. The Kier molecular flexibility index (Phi) is 6.61. The molecular weight excluding hydrogens is 370 g/mol. The molecule has 0 unspecified atom stereocenters. The predicted molar refractivity (Wildman–Crippen MR) is 109 cm³/mol. The van der Waals surface area contributed by atoms with Crippen LogP contribution in [0, 0.1) is 0 Å².